The Morgan fingerprint density at radius 2 is 1.85 bits per heavy atom. The second kappa shape index (κ2) is 7.24. The van der Waals surface area contributed by atoms with Gasteiger partial charge in [-0.3, -0.25) is 9.97 Å². The molecule has 0 aliphatic heterocycles. The lowest BCUT2D eigenvalue weighted by atomic mass is 9.92. The van der Waals surface area contributed by atoms with Crippen LogP contribution in [0.2, 0.25) is 0 Å². The summed E-state index contributed by atoms with van der Waals surface area (Å²) in [5.74, 6) is 1.04. The Morgan fingerprint density at radius 3 is 2.73 bits per heavy atom. The van der Waals surface area contributed by atoms with Crippen molar-refractivity contribution in [2.75, 3.05) is 0 Å². The zero-order valence-corrected chi connectivity index (χ0v) is 15.3. The third-order valence-electron chi connectivity index (χ3n) is 5.21. The molecule has 4 heteroatoms. The van der Waals surface area contributed by atoms with Gasteiger partial charge in [0.15, 0.2) is 0 Å². The molecule has 0 saturated heterocycles. The summed E-state index contributed by atoms with van der Waals surface area (Å²) >= 11 is 0. The molecular formula is C22H24N4. The minimum Gasteiger partial charge on any atom is -0.303 e. The molecule has 2 unspecified atom stereocenters. The van der Waals surface area contributed by atoms with E-state index in [0.29, 0.717) is 11.8 Å². The van der Waals surface area contributed by atoms with E-state index in [0.717, 1.165) is 30.5 Å². The Morgan fingerprint density at radius 1 is 1.00 bits per heavy atom. The van der Waals surface area contributed by atoms with E-state index >= 15 is 0 Å². The van der Waals surface area contributed by atoms with Crippen LogP contribution in [0.3, 0.4) is 0 Å². The summed E-state index contributed by atoms with van der Waals surface area (Å²) in [5.41, 5.74) is 3.44. The number of imidazole rings is 1. The van der Waals surface area contributed by atoms with E-state index in [2.05, 4.69) is 59.1 Å². The van der Waals surface area contributed by atoms with Crippen LogP contribution < -0.4 is 0 Å². The van der Waals surface area contributed by atoms with Crippen molar-refractivity contribution >= 4 is 16.3 Å². The first-order chi connectivity index (χ1) is 12.7. The van der Waals surface area contributed by atoms with Gasteiger partial charge in [-0.25, -0.2) is 4.98 Å². The summed E-state index contributed by atoms with van der Waals surface area (Å²) in [6, 6.07) is 10.7. The summed E-state index contributed by atoms with van der Waals surface area (Å²) in [6.45, 7) is 4.59. The molecule has 3 aromatic heterocycles. The first-order valence-corrected chi connectivity index (χ1v) is 9.31. The molecule has 4 aromatic rings. The molecule has 4 nitrogen and oxygen atoms in total. The Hall–Kier alpha value is -2.75. The highest BCUT2D eigenvalue weighted by Gasteiger charge is 2.13. The summed E-state index contributed by atoms with van der Waals surface area (Å²) in [7, 11) is 0. The average Bonchev–Trinajstić information content (AvgIpc) is 3.08. The van der Waals surface area contributed by atoms with Crippen molar-refractivity contribution in [1.82, 2.24) is 19.4 Å². The zero-order valence-electron chi connectivity index (χ0n) is 15.3. The van der Waals surface area contributed by atoms with Crippen LogP contribution in [-0.2, 0) is 6.42 Å². The molecule has 3 heterocycles. The van der Waals surface area contributed by atoms with E-state index in [1.54, 1.807) is 6.20 Å². The zero-order chi connectivity index (χ0) is 17.9. The van der Waals surface area contributed by atoms with Crippen molar-refractivity contribution in [3.63, 3.8) is 0 Å². The standard InChI is InChI=1S/C22H24N4/c1-16(11-21-22-14-23-9-10-26(22)15-25-21)7-8-17(2)20-12-18-5-3-4-6-19(18)13-24-20/h3-6,9-10,12-17H,7-8,11H2,1-2H3. The smallest absolute Gasteiger partial charge is 0.0996 e. The van der Waals surface area contributed by atoms with E-state index in [1.807, 2.05) is 29.3 Å². The highest BCUT2D eigenvalue weighted by molar-refractivity contribution is 5.81. The number of rotatable bonds is 6. The van der Waals surface area contributed by atoms with Crippen LogP contribution in [0.15, 0.2) is 61.4 Å². The van der Waals surface area contributed by atoms with Crippen molar-refractivity contribution < 1.29 is 0 Å². The molecule has 0 amide bonds. The second-order valence-electron chi connectivity index (χ2n) is 7.30. The third kappa shape index (κ3) is 3.45. The Labute approximate surface area is 154 Å². The normalized spacial score (nSPS) is 13.9. The van der Waals surface area contributed by atoms with E-state index in [9.17, 15) is 0 Å². The van der Waals surface area contributed by atoms with Gasteiger partial charge in [0.05, 0.1) is 23.7 Å². The molecule has 0 N–H and O–H groups in total. The van der Waals surface area contributed by atoms with Gasteiger partial charge in [-0.15, -0.1) is 0 Å². The molecule has 0 saturated carbocycles. The second-order valence-corrected chi connectivity index (χ2v) is 7.30. The van der Waals surface area contributed by atoms with E-state index < -0.39 is 0 Å². The molecular weight excluding hydrogens is 320 g/mol. The summed E-state index contributed by atoms with van der Waals surface area (Å²) in [5, 5.41) is 2.48. The lowest BCUT2D eigenvalue weighted by Crippen LogP contribution is -2.04. The number of pyridine rings is 1. The molecule has 1 aromatic carbocycles. The van der Waals surface area contributed by atoms with Crippen LogP contribution in [0.25, 0.3) is 16.3 Å². The van der Waals surface area contributed by atoms with Crippen molar-refractivity contribution in [2.45, 2.75) is 39.0 Å². The third-order valence-corrected chi connectivity index (χ3v) is 5.21. The molecule has 0 fully saturated rings. The van der Waals surface area contributed by atoms with Crippen molar-refractivity contribution in [3.8, 4) is 0 Å². The molecule has 2 atom stereocenters. The van der Waals surface area contributed by atoms with Gasteiger partial charge < -0.3 is 4.40 Å². The molecule has 0 aliphatic carbocycles. The fourth-order valence-electron chi connectivity index (χ4n) is 3.54. The van der Waals surface area contributed by atoms with Gasteiger partial charge in [-0.2, -0.15) is 0 Å². The summed E-state index contributed by atoms with van der Waals surface area (Å²) in [4.78, 5) is 13.5. The van der Waals surface area contributed by atoms with E-state index in [-0.39, 0.29) is 0 Å². The Balaban J connectivity index is 1.39. The van der Waals surface area contributed by atoms with E-state index in [1.165, 1.54) is 16.5 Å². The molecule has 0 bridgehead atoms. The SMILES string of the molecule is CC(CCC(C)c1cc2ccccc2cn1)Cc1ncn2ccncc12. The van der Waals surface area contributed by atoms with Crippen LogP contribution in [-0.4, -0.2) is 19.4 Å². The minimum absolute atomic E-state index is 0.461. The maximum Gasteiger partial charge on any atom is 0.0996 e. The first-order valence-electron chi connectivity index (χ1n) is 9.31. The number of aromatic nitrogens is 4. The fraction of sp³-hybridized carbons (Fsp3) is 0.318. The summed E-state index contributed by atoms with van der Waals surface area (Å²) < 4.78 is 2.04. The summed E-state index contributed by atoms with van der Waals surface area (Å²) in [6.07, 6.45) is 12.8. The monoisotopic (exact) mass is 344 g/mol. The fourth-order valence-corrected chi connectivity index (χ4v) is 3.54. The van der Waals surface area contributed by atoms with Crippen molar-refractivity contribution in [1.29, 1.82) is 0 Å². The predicted molar refractivity (Wildman–Crippen MR) is 105 cm³/mol. The van der Waals surface area contributed by atoms with Gasteiger partial charge in [0.1, 0.15) is 0 Å². The van der Waals surface area contributed by atoms with Crippen LogP contribution in [0.4, 0.5) is 0 Å². The maximum atomic E-state index is 4.68. The van der Waals surface area contributed by atoms with Crippen LogP contribution in [0.5, 0.6) is 0 Å². The average molecular weight is 344 g/mol. The van der Waals surface area contributed by atoms with Crippen LogP contribution in [0.1, 0.15) is 44.0 Å². The minimum atomic E-state index is 0.461. The van der Waals surface area contributed by atoms with Gasteiger partial charge in [0, 0.05) is 29.7 Å². The topological polar surface area (TPSA) is 43.1 Å². The predicted octanol–water partition coefficient (Wildman–Crippen LogP) is 5.04. The van der Waals surface area contributed by atoms with Gasteiger partial charge in [0.25, 0.3) is 0 Å². The van der Waals surface area contributed by atoms with Gasteiger partial charge >= 0.3 is 0 Å². The van der Waals surface area contributed by atoms with Crippen molar-refractivity contribution in [2.24, 2.45) is 5.92 Å². The molecule has 0 radical (unpaired) electrons. The lowest BCUT2D eigenvalue weighted by molar-refractivity contribution is 0.474. The Bertz CT molecular complexity index is 1020. The number of fused-ring (bicyclic) bond motifs is 2. The van der Waals surface area contributed by atoms with Gasteiger partial charge in [0.2, 0.25) is 0 Å². The highest BCUT2D eigenvalue weighted by Crippen LogP contribution is 2.25. The number of hydrogen-bond donors (Lipinski definition) is 0. The molecule has 132 valence electrons. The number of hydrogen-bond acceptors (Lipinski definition) is 3. The van der Waals surface area contributed by atoms with Gasteiger partial charge in [-0.05, 0) is 42.6 Å². The molecule has 0 spiro atoms. The number of nitrogens with zero attached hydrogens (tertiary/aromatic N) is 4. The van der Waals surface area contributed by atoms with Gasteiger partial charge in [-0.1, -0.05) is 38.1 Å². The number of benzene rings is 1. The Kier molecular flexibility index (Phi) is 4.65. The highest BCUT2D eigenvalue weighted by atomic mass is 15.0. The first kappa shape index (κ1) is 16.7. The van der Waals surface area contributed by atoms with E-state index in [4.69, 9.17) is 0 Å². The van der Waals surface area contributed by atoms with Crippen LogP contribution in [0, 0.1) is 5.92 Å². The van der Waals surface area contributed by atoms with Crippen LogP contribution >= 0.6 is 0 Å². The largest absolute Gasteiger partial charge is 0.303 e. The molecule has 4 rings (SSSR count). The lowest BCUT2D eigenvalue weighted by Gasteiger charge is -2.15. The molecule has 0 aliphatic rings. The van der Waals surface area contributed by atoms with Crippen molar-refractivity contribution in [3.05, 3.63) is 72.8 Å². The molecule has 26 heavy (non-hydrogen) atoms. The quantitative estimate of drug-likeness (QED) is 0.492. The maximum absolute atomic E-state index is 4.68.